The van der Waals surface area contributed by atoms with Crippen molar-refractivity contribution in [2.24, 2.45) is 0 Å². The zero-order chi connectivity index (χ0) is 13.0. The Balaban J connectivity index is 3.22. The number of amides is 1. The summed E-state index contributed by atoms with van der Waals surface area (Å²) in [5.41, 5.74) is 0.476. The van der Waals surface area contributed by atoms with Gasteiger partial charge in [0.15, 0.2) is 0 Å². The first kappa shape index (κ1) is 12.6. The Kier molecular flexibility index (Phi) is 3.78. The Hall–Kier alpha value is -2.42. The van der Waals surface area contributed by atoms with E-state index in [1.807, 2.05) is 6.07 Å². The number of rotatable bonds is 3. The summed E-state index contributed by atoms with van der Waals surface area (Å²) in [7, 11) is 0. The number of anilines is 1. The summed E-state index contributed by atoms with van der Waals surface area (Å²) in [5, 5.41) is 22.0. The molecular weight excluding hydrogens is 222 g/mol. The van der Waals surface area contributed by atoms with Crippen LogP contribution in [0.5, 0.6) is 0 Å². The van der Waals surface area contributed by atoms with Gasteiger partial charge in [-0.3, -0.25) is 14.9 Å². The Labute approximate surface area is 98.0 Å². The number of nitrogens with zero attached hydrogens (tertiary/aromatic N) is 2. The van der Waals surface area contributed by atoms with Crippen LogP contribution >= 0.6 is 0 Å². The Bertz CT molecular complexity index is 505. The van der Waals surface area contributed by atoms with Crippen LogP contribution in [0.15, 0.2) is 18.2 Å². The third kappa shape index (κ3) is 3.01. The fraction of sp³-hybridized carbons (Fsp3) is 0.273. The summed E-state index contributed by atoms with van der Waals surface area (Å²) in [4.78, 5) is 21.1. The number of nitrogens with one attached hydrogen (secondary N) is 1. The summed E-state index contributed by atoms with van der Waals surface area (Å²) in [5.74, 6) is -0.811. The molecule has 1 N–H and O–H groups in total. The zero-order valence-corrected chi connectivity index (χ0v) is 9.43. The van der Waals surface area contributed by atoms with Gasteiger partial charge in [0, 0.05) is 13.0 Å². The van der Waals surface area contributed by atoms with Crippen molar-refractivity contribution in [3.8, 4) is 6.07 Å². The lowest BCUT2D eigenvalue weighted by Crippen LogP contribution is -2.08. The maximum Gasteiger partial charge on any atom is 0.293 e. The van der Waals surface area contributed by atoms with Crippen molar-refractivity contribution < 1.29 is 9.72 Å². The van der Waals surface area contributed by atoms with Crippen LogP contribution in [0.25, 0.3) is 0 Å². The average molecular weight is 233 g/mol. The summed E-state index contributed by atoms with van der Waals surface area (Å²) >= 11 is 0. The first-order chi connectivity index (χ1) is 7.95. The molecule has 1 rings (SSSR count). The quantitative estimate of drug-likeness (QED) is 0.639. The fourth-order valence-electron chi connectivity index (χ4n) is 1.34. The highest BCUT2D eigenvalue weighted by atomic mass is 16.6. The number of hydrogen-bond donors (Lipinski definition) is 1. The third-order valence-electron chi connectivity index (χ3n) is 2.22. The van der Waals surface area contributed by atoms with Crippen LogP contribution in [0.4, 0.5) is 11.4 Å². The minimum atomic E-state index is -0.584. The molecular formula is C11H11N3O3. The molecule has 0 aliphatic heterocycles. The van der Waals surface area contributed by atoms with Gasteiger partial charge >= 0.3 is 0 Å². The molecule has 1 atom stereocenters. The molecule has 0 heterocycles. The predicted molar refractivity (Wildman–Crippen MR) is 61.4 cm³/mol. The SMILES string of the molecule is CC(=O)Nc1ccc([C@@H](C)C#N)cc1[N+](=O)[O-]. The molecule has 6 heteroatoms. The maximum atomic E-state index is 10.9. The summed E-state index contributed by atoms with van der Waals surface area (Å²) in [6, 6.07) is 6.33. The van der Waals surface area contributed by atoms with E-state index in [2.05, 4.69) is 5.32 Å². The van der Waals surface area contributed by atoms with Crippen LogP contribution < -0.4 is 5.32 Å². The van der Waals surface area contributed by atoms with Gasteiger partial charge in [-0.2, -0.15) is 5.26 Å². The van der Waals surface area contributed by atoms with Crippen molar-refractivity contribution in [3.05, 3.63) is 33.9 Å². The highest BCUT2D eigenvalue weighted by molar-refractivity contribution is 5.91. The maximum absolute atomic E-state index is 10.9. The molecule has 88 valence electrons. The molecule has 1 aromatic rings. The second-order valence-electron chi connectivity index (χ2n) is 3.57. The van der Waals surface area contributed by atoms with Gasteiger partial charge in [-0.25, -0.2) is 0 Å². The van der Waals surface area contributed by atoms with Crippen LogP contribution in [-0.2, 0) is 4.79 Å². The molecule has 0 aliphatic carbocycles. The van der Waals surface area contributed by atoms with E-state index in [0.717, 1.165) is 0 Å². The van der Waals surface area contributed by atoms with E-state index < -0.39 is 10.8 Å². The number of carbonyl (C=O) groups excluding carboxylic acids is 1. The monoisotopic (exact) mass is 233 g/mol. The second-order valence-corrected chi connectivity index (χ2v) is 3.57. The van der Waals surface area contributed by atoms with Gasteiger partial charge in [-0.1, -0.05) is 6.07 Å². The molecule has 0 fully saturated rings. The van der Waals surface area contributed by atoms with Crippen LogP contribution in [0.3, 0.4) is 0 Å². The Morgan fingerprint density at radius 2 is 2.24 bits per heavy atom. The lowest BCUT2D eigenvalue weighted by Gasteiger charge is -2.07. The molecule has 1 aromatic carbocycles. The van der Waals surface area contributed by atoms with Gasteiger partial charge in [0.2, 0.25) is 5.91 Å². The summed E-state index contributed by atoms with van der Waals surface area (Å²) in [6.45, 7) is 2.92. The second kappa shape index (κ2) is 5.07. The van der Waals surface area contributed by atoms with Crippen molar-refractivity contribution in [1.29, 1.82) is 5.26 Å². The molecule has 17 heavy (non-hydrogen) atoms. The first-order valence-electron chi connectivity index (χ1n) is 4.91. The van der Waals surface area contributed by atoms with Crippen molar-refractivity contribution in [2.75, 3.05) is 5.32 Å². The van der Waals surface area contributed by atoms with Crippen LogP contribution in [-0.4, -0.2) is 10.8 Å². The van der Waals surface area contributed by atoms with Crippen molar-refractivity contribution >= 4 is 17.3 Å². The standard InChI is InChI=1S/C11H11N3O3/c1-7(6-12)9-3-4-10(13-8(2)15)11(5-9)14(16)17/h3-5,7H,1-2H3,(H,13,15)/t7-/m0/s1. The van der Waals surface area contributed by atoms with Gasteiger partial charge in [0.05, 0.1) is 16.9 Å². The number of nitro benzene ring substituents is 1. The van der Waals surface area contributed by atoms with E-state index in [-0.39, 0.29) is 17.3 Å². The fourth-order valence-corrected chi connectivity index (χ4v) is 1.34. The molecule has 0 bridgehead atoms. The molecule has 0 unspecified atom stereocenters. The molecule has 0 radical (unpaired) electrons. The molecule has 0 saturated heterocycles. The van der Waals surface area contributed by atoms with Crippen LogP contribution in [0.1, 0.15) is 25.3 Å². The van der Waals surface area contributed by atoms with Gasteiger partial charge < -0.3 is 5.32 Å². The molecule has 0 spiro atoms. The molecule has 1 amide bonds. The number of nitriles is 1. The highest BCUT2D eigenvalue weighted by Crippen LogP contribution is 2.28. The van der Waals surface area contributed by atoms with E-state index in [0.29, 0.717) is 5.56 Å². The number of hydrogen-bond acceptors (Lipinski definition) is 4. The van der Waals surface area contributed by atoms with Crippen molar-refractivity contribution in [1.82, 2.24) is 0 Å². The highest BCUT2D eigenvalue weighted by Gasteiger charge is 2.17. The van der Waals surface area contributed by atoms with E-state index in [4.69, 9.17) is 5.26 Å². The minimum absolute atomic E-state index is 0.136. The zero-order valence-electron chi connectivity index (χ0n) is 9.43. The number of benzene rings is 1. The van der Waals surface area contributed by atoms with E-state index in [9.17, 15) is 14.9 Å². The van der Waals surface area contributed by atoms with Crippen LogP contribution in [0.2, 0.25) is 0 Å². The van der Waals surface area contributed by atoms with Gasteiger partial charge in [-0.05, 0) is 18.6 Å². The topological polar surface area (TPSA) is 96.0 Å². The first-order valence-corrected chi connectivity index (χ1v) is 4.91. The van der Waals surface area contributed by atoms with Crippen LogP contribution in [0, 0.1) is 21.4 Å². The Morgan fingerprint density at radius 1 is 1.59 bits per heavy atom. The molecule has 0 saturated carbocycles. The van der Waals surface area contributed by atoms with Crippen molar-refractivity contribution in [2.45, 2.75) is 19.8 Å². The van der Waals surface area contributed by atoms with E-state index in [1.165, 1.54) is 19.1 Å². The Morgan fingerprint density at radius 3 is 2.71 bits per heavy atom. The molecule has 0 aliphatic rings. The minimum Gasteiger partial charge on any atom is -0.321 e. The lowest BCUT2D eigenvalue weighted by molar-refractivity contribution is -0.384. The summed E-state index contributed by atoms with van der Waals surface area (Å²) in [6.07, 6.45) is 0. The average Bonchev–Trinajstić information content (AvgIpc) is 2.27. The van der Waals surface area contributed by atoms with Gasteiger partial charge in [0.1, 0.15) is 5.69 Å². The van der Waals surface area contributed by atoms with E-state index in [1.54, 1.807) is 13.0 Å². The predicted octanol–water partition coefficient (Wildman–Crippen LogP) is 2.18. The third-order valence-corrected chi connectivity index (χ3v) is 2.22. The number of nitro groups is 1. The largest absolute Gasteiger partial charge is 0.321 e. The molecule has 6 nitrogen and oxygen atoms in total. The normalized spacial score (nSPS) is 11.4. The lowest BCUT2D eigenvalue weighted by atomic mass is 10.0. The van der Waals surface area contributed by atoms with E-state index >= 15 is 0 Å². The van der Waals surface area contributed by atoms with Crippen molar-refractivity contribution in [3.63, 3.8) is 0 Å². The van der Waals surface area contributed by atoms with Gasteiger partial charge in [0.25, 0.3) is 5.69 Å². The summed E-state index contributed by atoms with van der Waals surface area (Å²) < 4.78 is 0. The molecule has 0 aromatic heterocycles. The number of carbonyl (C=O) groups is 1. The smallest absolute Gasteiger partial charge is 0.293 e. The van der Waals surface area contributed by atoms with Gasteiger partial charge in [-0.15, -0.1) is 0 Å².